The number of amides is 2. The number of halogens is 3. The molecule has 1 aromatic carbocycles. The second kappa shape index (κ2) is 11.6. The number of alkyl halides is 3. The summed E-state index contributed by atoms with van der Waals surface area (Å²) in [6.45, 7) is 4.55. The van der Waals surface area contributed by atoms with Gasteiger partial charge in [0.15, 0.2) is 5.82 Å². The number of hydrogen-bond donors (Lipinski definition) is 2. The average molecular weight is 507 g/mol. The van der Waals surface area contributed by atoms with Gasteiger partial charge >= 0.3 is 6.18 Å². The van der Waals surface area contributed by atoms with Gasteiger partial charge in [0.05, 0.1) is 11.8 Å². The lowest BCUT2D eigenvalue weighted by atomic mass is 10.1. The Morgan fingerprint density at radius 2 is 1.83 bits per heavy atom. The molecule has 0 spiro atoms. The van der Waals surface area contributed by atoms with Crippen LogP contribution in [0, 0.1) is 0 Å². The molecule has 1 aromatic heterocycles. The molecule has 3 rings (SSSR count). The van der Waals surface area contributed by atoms with Crippen LogP contribution in [0.15, 0.2) is 24.4 Å². The fourth-order valence-corrected chi connectivity index (χ4v) is 4.43. The molecule has 1 heterocycles. The zero-order valence-electron chi connectivity index (χ0n) is 21.1. The highest BCUT2D eigenvalue weighted by Crippen LogP contribution is 2.36. The van der Waals surface area contributed by atoms with E-state index in [-0.39, 0.29) is 29.1 Å². The van der Waals surface area contributed by atoms with Crippen LogP contribution >= 0.6 is 0 Å². The van der Waals surface area contributed by atoms with E-state index in [4.69, 9.17) is 0 Å². The van der Waals surface area contributed by atoms with Gasteiger partial charge in [0.1, 0.15) is 5.69 Å². The Bertz CT molecular complexity index is 1090. The van der Waals surface area contributed by atoms with Crippen molar-refractivity contribution in [3.05, 3.63) is 35.5 Å². The molecule has 2 amide bonds. The Balaban J connectivity index is 2.07. The normalized spacial score (nSPS) is 14.0. The van der Waals surface area contributed by atoms with Crippen molar-refractivity contribution in [1.29, 1.82) is 0 Å². The van der Waals surface area contributed by atoms with Gasteiger partial charge in [-0.15, -0.1) is 0 Å². The molecule has 0 radical (unpaired) electrons. The summed E-state index contributed by atoms with van der Waals surface area (Å²) in [7, 11) is 3.02. The summed E-state index contributed by atoms with van der Waals surface area (Å²) >= 11 is 0. The van der Waals surface area contributed by atoms with E-state index in [9.17, 15) is 22.8 Å². The van der Waals surface area contributed by atoms with Gasteiger partial charge < -0.3 is 20.4 Å². The fraction of sp³-hybridized carbons (Fsp3) is 0.520. The Morgan fingerprint density at radius 3 is 2.42 bits per heavy atom. The molecule has 196 valence electrons. The molecule has 0 aliphatic heterocycles. The van der Waals surface area contributed by atoms with Crippen LogP contribution in [0.2, 0.25) is 0 Å². The second-order valence-corrected chi connectivity index (χ2v) is 8.84. The molecule has 11 heteroatoms. The molecule has 0 unspecified atom stereocenters. The topological polar surface area (TPSA) is 90.5 Å². The van der Waals surface area contributed by atoms with Crippen molar-refractivity contribution in [2.45, 2.75) is 64.6 Å². The van der Waals surface area contributed by atoms with E-state index in [2.05, 4.69) is 32.4 Å². The monoisotopic (exact) mass is 506 g/mol. The molecular weight excluding hydrogens is 473 g/mol. The number of nitrogens with zero attached hydrogens (tertiary/aromatic N) is 4. The summed E-state index contributed by atoms with van der Waals surface area (Å²) in [4.78, 5) is 37.3. The summed E-state index contributed by atoms with van der Waals surface area (Å²) in [5.41, 5.74) is -0.529. The largest absolute Gasteiger partial charge is 0.416 e. The lowest BCUT2D eigenvalue weighted by Crippen LogP contribution is -2.37. The summed E-state index contributed by atoms with van der Waals surface area (Å²) in [5, 5.41) is 5.19. The molecule has 0 bridgehead atoms. The number of anilines is 4. The van der Waals surface area contributed by atoms with Crippen LogP contribution in [0.3, 0.4) is 0 Å². The van der Waals surface area contributed by atoms with Crippen molar-refractivity contribution in [3.63, 3.8) is 0 Å². The van der Waals surface area contributed by atoms with Crippen molar-refractivity contribution in [2.24, 2.45) is 0 Å². The lowest BCUT2D eigenvalue weighted by Gasteiger charge is -2.33. The predicted octanol–water partition coefficient (Wildman–Crippen LogP) is 5.13. The maximum atomic E-state index is 13.5. The molecule has 1 aliphatic rings. The number of rotatable bonds is 9. The smallest absolute Gasteiger partial charge is 0.355 e. The summed E-state index contributed by atoms with van der Waals surface area (Å²) in [6, 6.07) is 3.29. The first-order chi connectivity index (χ1) is 17.1. The third kappa shape index (κ3) is 6.24. The van der Waals surface area contributed by atoms with Crippen molar-refractivity contribution < 1.29 is 22.8 Å². The standard InChI is InChI=1S/C25H33F3N6O2/c1-5-11-34(19-9-7-8-10-19)22-20(33(4)21(35)6-2)15-30-24(32-22)31-18-13-16(23(36)29-3)12-17(14-18)25(26,27)28/h12-15,19H,5-11H2,1-4H3,(H,29,36)(H,30,31,32). The van der Waals surface area contributed by atoms with Gasteiger partial charge in [-0.1, -0.05) is 26.7 Å². The third-order valence-corrected chi connectivity index (χ3v) is 6.30. The van der Waals surface area contributed by atoms with Gasteiger partial charge in [0, 0.05) is 44.4 Å². The van der Waals surface area contributed by atoms with E-state index >= 15 is 0 Å². The Kier molecular flexibility index (Phi) is 8.75. The summed E-state index contributed by atoms with van der Waals surface area (Å²) in [5.74, 6) is -0.107. The van der Waals surface area contributed by atoms with E-state index in [0.717, 1.165) is 44.2 Å². The Labute approximate surface area is 209 Å². The van der Waals surface area contributed by atoms with E-state index < -0.39 is 17.6 Å². The molecule has 0 atom stereocenters. The van der Waals surface area contributed by atoms with Crippen LogP contribution in [0.1, 0.15) is 68.3 Å². The number of nitrogens with one attached hydrogen (secondary N) is 2. The lowest BCUT2D eigenvalue weighted by molar-refractivity contribution is -0.137. The highest BCUT2D eigenvalue weighted by atomic mass is 19.4. The van der Waals surface area contributed by atoms with Crippen molar-refractivity contribution in [1.82, 2.24) is 15.3 Å². The number of aromatic nitrogens is 2. The first-order valence-corrected chi connectivity index (χ1v) is 12.2. The zero-order chi connectivity index (χ0) is 26.5. The molecule has 1 fully saturated rings. The van der Waals surface area contributed by atoms with Gasteiger partial charge in [0.2, 0.25) is 11.9 Å². The number of benzene rings is 1. The van der Waals surface area contributed by atoms with Crippen LogP contribution in [-0.4, -0.2) is 48.5 Å². The zero-order valence-corrected chi connectivity index (χ0v) is 21.1. The van der Waals surface area contributed by atoms with Gasteiger partial charge in [-0.05, 0) is 37.5 Å². The van der Waals surface area contributed by atoms with Crippen molar-refractivity contribution >= 4 is 35.0 Å². The SMILES string of the molecule is CCCN(c1nc(Nc2cc(C(=O)NC)cc(C(F)(F)F)c2)ncc1N(C)C(=O)CC)C1CCCC1. The number of carbonyl (C=O) groups excluding carboxylic acids is 2. The minimum absolute atomic E-state index is 0.0306. The summed E-state index contributed by atoms with van der Waals surface area (Å²) in [6.07, 6.45) is 2.25. The molecule has 2 N–H and O–H groups in total. The van der Waals surface area contributed by atoms with Gasteiger partial charge in [-0.25, -0.2) is 4.98 Å². The predicted molar refractivity (Wildman–Crippen MR) is 134 cm³/mol. The van der Waals surface area contributed by atoms with Gasteiger partial charge in [-0.2, -0.15) is 18.2 Å². The van der Waals surface area contributed by atoms with E-state index in [1.165, 1.54) is 24.2 Å². The maximum Gasteiger partial charge on any atom is 0.416 e. The van der Waals surface area contributed by atoms with Crippen molar-refractivity contribution in [2.75, 3.05) is 35.8 Å². The van der Waals surface area contributed by atoms with Crippen LogP contribution in [0.25, 0.3) is 0 Å². The highest BCUT2D eigenvalue weighted by Gasteiger charge is 2.32. The van der Waals surface area contributed by atoms with Gasteiger partial charge in [0.25, 0.3) is 5.91 Å². The molecule has 8 nitrogen and oxygen atoms in total. The third-order valence-electron chi connectivity index (χ3n) is 6.30. The Hall–Kier alpha value is -3.37. The quantitative estimate of drug-likeness (QED) is 0.490. The van der Waals surface area contributed by atoms with Crippen molar-refractivity contribution in [3.8, 4) is 0 Å². The van der Waals surface area contributed by atoms with Crippen LogP contribution in [0.4, 0.5) is 36.3 Å². The molecule has 2 aromatic rings. The first kappa shape index (κ1) is 27.2. The molecule has 0 saturated heterocycles. The van der Waals surface area contributed by atoms with Crippen LogP contribution in [0.5, 0.6) is 0 Å². The molecular formula is C25H33F3N6O2. The minimum Gasteiger partial charge on any atom is -0.355 e. The average Bonchev–Trinajstić information content (AvgIpc) is 3.39. The molecule has 1 aliphatic carbocycles. The van der Waals surface area contributed by atoms with Gasteiger partial charge in [-0.3, -0.25) is 9.59 Å². The minimum atomic E-state index is -4.64. The second-order valence-electron chi connectivity index (χ2n) is 8.84. The molecule has 36 heavy (non-hydrogen) atoms. The molecule has 1 saturated carbocycles. The fourth-order valence-electron chi connectivity index (χ4n) is 4.43. The first-order valence-electron chi connectivity index (χ1n) is 12.2. The van der Waals surface area contributed by atoms with E-state index in [1.54, 1.807) is 14.0 Å². The van der Waals surface area contributed by atoms with E-state index in [1.807, 2.05) is 0 Å². The van der Waals surface area contributed by atoms with Crippen LogP contribution in [-0.2, 0) is 11.0 Å². The Morgan fingerprint density at radius 1 is 1.14 bits per heavy atom. The highest BCUT2D eigenvalue weighted by molar-refractivity contribution is 5.96. The summed E-state index contributed by atoms with van der Waals surface area (Å²) < 4.78 is 40.5. The van der Waals surface area contributed by atoms with Crippen LogP contribution < -0.4 is 20.4 Å². The number of carbonyl (C=O) groups is 2. The number of hydrogen-bond acceptors (Lipinski definition) is 6. The maximum absolute atomic E-state index is 13.5. The van der Waals surface area contributed by atoms with E-state index in [0.29, 0.717) is 24.5 Å².